The van der Waals surface area contributed by atoms with Gasteiger partial charge in [0, 0.05) is 36.3 Å². The molecule has 9 rings (SSSR count). The van der Waals surface area contributed by atoms with Crippen LogP contribution in [0.3, 0.4) is 0 Å². The van der Waals surface area contributed by atoms with E-state index < -0.39 is 35.2 Å². The Morgan fingerprint density at radius 1 is 0.882 bits per heavy atom. The van der Waals surface area contributed by atoms with Crippen LogP contribution in [0.4, 0.5) is 23.4 Å². The first kappa shape index (κ1) is 32.1. The lowest BCUT2D eigenvalue weighted by atomic mass is 9.85. The molecular formula is C39H35F4N5O3. The van der Waals surface area contributed by atoms with E-state index in [0.29, 0.717) is 41.9 Å². The van der Waals surface area contributed by atoms with Crippen molar-refractivity contribution in [2.75, 3.05) is 37.7 Å². The molecule has 12 heteroatoms. The Labute approximate surface area is 291 Å². The summed E-state index contributed by atoms with van der Waals surface area (Å²) in [4.78, 5) is 31.9. The fourth-order valence-electron chi connectivity index (χ4n) is 9.17. The summed E-state index contributed by atoms with van der Waals surface area (Å²) in [6, 6.07) is 13.0. The number of rotatable bonds is 7. The minimum absolute atomic E-state index is 0.0211. The highest BCUT2D eigenvalue weighted by atomic mass is 19.2. The van der Waals surface area contributed by atoms with Gasteiger partial charge in [0.15, 0.2) is 17.5 Å². The molecule has 1 unspecified atom stereocenters. The highest BCUT2D eigenvalue weighted by Crippen LogP contribution is 2.46. The van der Waals surface area contributed by atoms with E-state index >= 15 is 8.78 Å². The Morgan fingerprint density at radius 2 is 1.63 bits per heavy atom. The maximum absolute atomic E-state index is 16.8. The molecule has 0 N–H and O–H groups in total. The Balaban J connectivity index is 1.08. The maximum atomic E-state index is 16.8. The lowest BCUT2D eigenvalue weighted by molar-refractivity contribution is -0.142. The van der Waals surface area contributed by atoms with Crippen LogP contribution < -0.4 is 14.4 Å². The number of fused-ring (bicyclic) bond motifs is 5. The first-order valence-electron chi connectivity index (χ1n) is 17.6. The molecule has 5 heterocycles. The smallest absolute Gasteiger partial charge is 0.319 e. The van der Waals surface area contributed by atoms with Crippen LogP contribution in [0.15, 0.2) is 60.8 Å². The molecule has 1 saturated carbocycles. The largest absolute Gasteiger partial charge is 0.461 e. The minimum Gasteiger partial charge on any atom is -0.461 e. The van der Waals surface area contributed by atoms with E-state index in [0.717, 1.165) is 63.7 Å². The first-order valence-corrected chi connectivity index (χ1v) is 17.6. The van der Waals surface area contributed by atoms with Crippen LogP contribution in [0.25, 0.3) is 32.9 Å². The molecule has 5 aromatic rings. The highest BCUT2D eigenvalue weighted by molar-refractivity contribution is 5.99. The SMILES string of the molecule is O=C(Oc1ccc(F)c(F)c1)C1[C@@H]2CC[C@H]1CN(c1nc(OCC34CCCN3CCC4)nc3c(F)c(-c4cccc5cccc(F)c45)ncc13)C2. The van der Waals surface area contributed by atoms with E-state index in [1.165, 1.54) is 18.3 Å². The first-order chi connectivity index (χ1) is 24.8. The van der Waals surface area contributed by atoms with Crippen molar-refractivity contribution >= 4 is 33.5 Å². The number of carbonyl (C=O) groups is 1. The van der Waals surface area contributed by atoms with Crippen LogP contribution in [0.5, 0.6) is 11.8 Å². The van der Waals surface area contributed by atoms with Gasteiger partial charge in [-0.25, -0.2) is 17.6 Å². The van der Waals surface area contributed by atoms with Gasteiger partial charge in [0.1, 0.15) is 35.2 Å². The molecule has 0 radical (unpaired) electrons. The maximum Gasteiger partial charge on any atom is 0.319 e. The van der Waals surface area contributed by atoms with Gasteiger partial charge in [0.25, 0.3) is 0 Å². The van der Waals surface area contributed by atoms with Crippen molar-refractivity contribution in [3.8, 4) is 23.0 Å². The average Bonchev–Trinajstić information content (AvgIpc) is 3.79. The lowest BCUT2D eigenvalue weighted by Crippen LogP contribution is -2.46. The summed E-state index contributed by atoms with van der Waals surface area (Å²) >= 11 is 0. The fraction of sp³-hybridized carbons (Fsp3) is 0.385. The third-order valence-electron chi connectivity index (χ3n) is 11.5. The zero-order chi connectivity index (χ0) is 34.9. The normalized spacial score (nSPS) is 22.5. The number of piperidine rings is 1. The zero-order valence-electron chi connectivity index (χ0n) is 27.8. The van der Waals surface area contributed by atoms with Gasteiger partial charge >= 0.3 is 12.0 Å². The fourth-order valence-corrected chi connectivity index (χ4v) is 9.17. The molecule has 3 atom stereocenters. The van der Waals surface area contributed by atoms with Gasteiger partial charge < -0.3 is 14.4 Å². The number of pyridine rings is 1. The molecule has 3 aliphatic heterocycles. The van der Waals surface area contributed by atoms with E-state index in [1.54, 1.807) is 30.3 Å². The molecule has 0 amide bonds. The van der Waals surface area contributed by atoms with E-state index in [1.807, 2.05) is 4.90 Å². The number of anilines is 1. The Morgan fingerprint density at radius 3 is 2.37 bits per heavy atom. The van der Waals surface area contributed by atoms with Crippen LogP contribution >= 0.6 is 0 Å². The molecule has 0 spiro atoms. The number of hydrogen-bond acceptors (Lipinski definition) is 8. The van der Waals surface area contributed by atoms with E-state index in [9.17, 15) is 13.6 Å². The molecule has 8 nitrogen and oxygen atoms in total. The molecule has 1 aliphatic carbocycles. The van der Waals surface area contributed by atoms with E-state index in [-0.39, 0.29) is 45.7 Å². The van der Waals surface area contributed by atoms with Gasteiger partial charge in [-0.15, -0.1) is 0 Å². The third kappa shape index (κ3) is 5.46. The van der Waals surface area contributed by atoms with Crippen molar-refractivity contribution in [3.05, 3.63) is 84.1 Å². The van der Waals surface area contributed by atoms with Gasteiger partial charge in [-0.2, -0.15) is 9.97 Å². The van der Waals surface area contributed by atoms with E-state index in [4.69, 9.17) is 14.5 Å². The molecular weight excluding hydrogens is 662 g/mol. The molecule has 262 valence electrons. The number of halogens is 4. The van der Waals surface area contributed by atoms with Gasteiger partial charge in [-0.05, 0) is 87.0 Å². The Kier molecular flexibility index (Phi) is 7.82. The second kappa shape index (κ2) is 12.4. The van der Waals surface area contributed by atoms with Crippen LogP contribution in [0.2, 0.25) is 0 Å². The van der Waals surface area contributed by atoms with Crippen molar-refractivity contribution in [2.24, 2.45) is 17.8 Å². The number of nitrogens with zero attached hydrogens (tertiary/aromatic N) is 5. The second-order valence-electron chi connectivity index (χ2n) is 14.4. The van der Waals surface area contributed by atoms with Crippen LogP contribution in [0.1, 0.15) is 38.5 Å². The molecule has 2 aromatic heterocycles. The van der Waals surface area contributed by atoms with Crippen molar-refractivity contribution in [1.82, 2.24) is 19.9 Å². The lowest BCUT2D eigenvalue weighted by Gasteiger charge is -2.38. The Bertz CT molecular complexity index is 2170. The summed E-state index contributed by atoms with van der Waals surface area (Å²) in [5.74, 6) is -4.04. The number of hydrogen-bond donors (Lipinski definition) is 0. The summed E-state index contributed by atoms with van der Waals surface area (Å²) in [5.41, 5.74) is 0.223. The molecule has 3 saturated heterocycles. The summed E-state index contributed by atoms with van der Waals surface area (Å²) in [7, 11) is 0. The number of carbonyl (C=O) groups excluding carboxylic acids is 1. The summed E-state index contributed by atoms with van der Waals surface area (Å²) in [6.45, 7) is 3.28. The number of ether oxygens (including phenoxy) is 2. The summed E-state index contributed by atoms with van der Waals surface area (Å²) < 4.78 is 71.2. The van der Waals surface area contributed by atoms with Crippen molar-refractivity contribution < 1.29 is 31.8 Å². The zero-order valence-corrected chi connectivity index (χ0v) is 27.8. The number of esters is 1. The molecule has 3 aromatic carbocycles. The van der Waals surface area contributed by atoms with Gasteiger partial charge in [0.2, 0.25) is 0 Å². The van der Waals surface area contributed by atoms with Gasteiger partial charge in [0.05, 0.1) is 16.8 Å². The minimum atomic E-state index is -1.09. The van der Waals surface area contributed by atoms with Crippen LogP contribution in [-0.2, 0) is 4.79 Å². The topological polar surface area (TPSA) is 80.7 Å². The van der Waals surface area contributed by atoms with Gasteiger partial charge in [-0.1, -0.05) is 30.3 Å². The quantitative estimate of drug-likeness (QED) is 0.0985. The summed E-state index contributed by atoms with van der Waals surface area (Å²) in [5, 5.41) is 1.28. The molecule has 4 aliphatic rings. The average molecular weight is 698 g/mol. The molecule has 2 bridgehead atoms. The van der Waals surface area contributed by atoms with Crippen molar-refractivity contribution in [3.63, 3.8) is 0 Å². The van der Waals surface area contributed by atoms with E-state index in [2.05, 4.69) is 14.9 Å². The number of benzene rings is 3. The van der Waals surface area contributed by atoms with Crippen LogP contribution in [-0.4, -0.2) is 64.1 Å². The predicted molar refractivity (Wildman–Crippen MR) is 182 cm³/mol. The number of aromatic nitrogens is 3. The molecule has 4 fully saturated rings. The Hall–Kier alpha value is -4.84. The second-order valence-corrected chi connectivity index (χ2v) is 14.4. The molecule has 51 heavy (non-hydrogen) atoms. The highest BCUT2D eigenvalue weighted by Gasteiger charge is 2.48. The summed E-state index contributed by atoms with van der Waals surface area (Å²) in [6.07, 6.45) is 7.26. The van der Waals surface area contributed by atoms with Gasteiger partial charge in [-0.3, -0.25) is 14.7 Å². The predicted octanol–water partition coefficient (Wildman–Crippen LogP) is 7.48. The van der Waals surface area contributed by atoms with Crippen molar-refractivity contribution in [2.45, 2.75) is 44.1 Å². The third-order valence-corrected chi connectivity index (χ3v) is 11.5. The monoisotopic (exact) mass is 697 g/mol. The standard InChI is InChI=1S/C39H35F4N5O3/c40-28-12-11-25(17-30(28)42)51-37(49)31-23-9-10-24(31)20-47(19-23)36-27-18-44-34(26-7-1-5-22-6-2-8-29(41)32(22)26)33(43)35(27)45-38(46-36)50-21-39-13-3-15-48(39)16-4-14-39/h1-2,5-8,11-12,17-18,23-24,31H,3-4,9-10,13-16,19-21H2/t23-,24+,31?. The van der Waals surface area contributed by atoms with Crippen molar-refractivity contribution in [1.29, 1.82) is 0 Å². The van der Waals surface area contributed by atoms with Crippen LogP contribution in [0, 0.1) is 41.0 Å².